The molecule has 0 aliphatic carbocycles. The highest BCUT2D eigenvalue weighted by Crippen LogP contribution is 2.41. The summed E-state index contributed by atoms with van der Waals surface area (Å²) in [5.41, 5.74) is -1.84. The molecule has 2 aromatic heterocycles. The van der Waals surface area contributed by atoms with Crippen molar-refractivity contribution in [1.82, 2.24) is 0 Å². The molecule has 2 N–H and O–H groups in total. The largest absolute Gasteiger partial charge is 0.502 e. The first-order chi connectivity index (χ1) is 16.2. The minimum absolute atomic E-state index is 0.0409. The molecular weight excluding hydrogens is 452 g/mol. The fraction of sp³-hybridized carbons (Fsp3) is 0.556. The van der Waals surface area contributed by atoms with E-state index in [2.05, 4.69) is 20.8 Å². The van der Waals surface area contributed by atoms with E-state index in [9.17, 15) is 29.4 Å². The van der Waals surface area contributed by atoms with Crippen LogP contribution in [0.1, 0.15) is 90.6 Å². The number of hydrogen-bond acceptors (Lipinski definition) is 8. The molecule has 192 valence electrons. The summed E-state index contributed by atoms with van der Waals surface area (Å²) in [6, 6.07) is 2.35. The van der Waals surface area contributed by atoms with E-state index in [0.29, 0.717) is 25.0 Å². The van der Waals surface area contributed by atoms with E-state index in [1.165, 1.54) is 6.07 Å². The molecule has 1 atom stereocenters. The second-order valence-corrected chi connectivity index (χ2v) is 11.0. The average Bonchev–Trinajstić information content (AvgIpc) is 2.74. The second kappa shape index (κ2) is 11.5. The highest BCUT2D eigenvalue weighted by molar-refractivity contribution is 5.81. The molecule has 0 aliphatic rings. The fourth-order valence-corrected chi connectivity index (χ4v) is 3.92. The van der Waals surface area contributed by atoms with Gasteiger partial charge >= 0.3 is 0 Å². The number of carbonyl (C=O) groups is 2. The van der Waals surface area contributed by atoms with Crippen LogP contribution in [-0.2, 0) is 16.0 Å². The Bertz CT molecular complexity index is 1150. The summed E-state index contributed by atoms with van der Waals surface area (Å²) < 4.78 is 10.8. The molecule has 2 aromatic rings. The first kappa shape index (κ1) is 28.1. The minimum atomic E-state index is -0.710. The van der Waals surface area contributed by atoms with E-state index in [1.54, 1.807) is 0 Å². The maximum absolute atomic E-state index is 12.9. The molecule has 0 spiro atoms. The Balaban J connectivity index is 2.15. The van der Waals surface area contributed by atoms with Crippen LogP contribution < -0.4 is 10.9 Å². The van der Waals surface area contributed by atoms with Crippen molar-refractivity contribution < 1.29 is 28.6 Å². The fourth-order valence-electron chi connectivity index (χ4n) is 3.92. The van der Waals surface area contributed by atoms with E-state index in [4.69, 9.17) is 8.83 Å². The van der Waals surface area contributed by atoms with Crippen LogP contribution in [0.25, 0.3) is 0 Å². The van der Waals surface area contributed by atoms with E-state index >= 15 is 0 Å². The molecule has 8 heteroatoms. The second-order valence-electron chi connectivity index (χ2n) is 11.0. The van der Waals surface area contributed by atoms with Crippen molar-refractivity contribution in [2.45, 2.75) is 85.5 Å². The van der Waals surface area contributed by atoms with Gasteiger partial charge in [-0.1, -0.05) is 34.6 Å². The lowest BCUT2D eigenvalue weighted by Gasteiger charge is -2.33. The van der Waals surface area contributed by atoms with Gasteiger partial charge in [0.15, 0.2) is 11.5 Å². The quantitative estimate of drug-likeness (QED) is 0.431. The van der Waals surface area contributed by atoms with Crippen molar-refractivity contribution in [2.24, 2.45) is 10.8 Å². The Morgan fingerprint density at radius 3 is 2.00 bits per heavy atom. The third-order valence-electron chi connectivity index (χ3n) is 6.11. The van der Waals surface area contributed by atoms with Crippen LogP contribution in [0.5, 0.6) is 11.5 Å². The number of Topliss-reactive ketones (excluding diaryl/α,β-unsaturated/α-hetero) is 2. The molecule has 0 bridgehead atoms. The van der Waals surface area contributed by atoms with Gasteiger partial charge in [-0.05, 0) is 23.7 Å². The van der Waals surface area contributed by atoms with Crippen LogP contribution in [-0.4, -0.2) is 21.8 Å². The normalized spacial score (nSPS) is 12.9. The molecule has 2 heterocycles. The number of rotatable bonds is 12. The molecular formula is C27H36O8. The average molecular weight is 489 g/mol. The molecule has 35 heavy (non-hydrogen) atoms. The zero-order valence-corrected chi connectivity index (χ0v) is 21.2. The topological polar surface area (TPSA) is 135 Å². The van der Waals surface area contributed by atoms with Crippen molar-refractivity contribution in [3.05, 3.63) is 56.6 Å². The number of ketones is 2. The highest BCUT2D eigenvalue weighted by atomic mass is 16.4. The predicted octanol–water partition coefficient (Wildman–Crippen LogP) is 4.88. The van der Waals surface area contributed by atoms with Gasteiger partial charge in [0.1, 0.15) is 35.6 Å². The lowest BCUT2D eigenvalue weighted by molar-refractivity contribution is -0.121. The first-order valence-electron chi connectivity index (χ1n) is 11.8. The number of aromatic hydroxyl groups is 2. The van der Waals surface area contributed by atoms with Crippen LogP contribution in [0, 0.1) is 10.8 Å². The molecule has 0 saturated heterocycles. The van der Waals surface area contributed by atoms with E-state index < -0.39 is 33.7 Å². The summed E-state index contributed by atoms with van der Waals surface area (Å²) in [7, 11) is 0. The minimum Gasteiger partial charge on any atom is -0.502 e. The zero-order chi connectivity index (χ0) is 26.4. The van der Waals surface area contributed by atoms with Crippen molar-refractivity contribution in [2.75, 3.05) is 0 Å². The van der Waals surface area contributed by atoms with E-state index in [1.807, 2.05) is 13.8 Å². The summed E-state index contributed by atoms with van der Waals surface area (Å²) in [6.07, 6.45) is 4.45. The molecule has 0 saturated carbocycles. The number of hydrogen-bond donors (Lipinski definition) is 2. The summed E-state index contributed by atoms with van der Waals surface area (Å²) >= 11 is 0. The van der Waals surface area contributed by atoms with Crippen molar-refractivity contribution >= 4 is 11.6 Å². The summed E-state index contributed by atoms with van der Waals surface area (Å²) in [4.78, 5) is 48.9. The highest BCUT2D eigenvalue weighted by Gasteiger charge is 2.35. The van der Waals surface area contributed by atoms with Gasteiger partial charge in [0, 0.05) is 50.2 Å². The Morgan fingerprint density at radius 1 is 0.857 bits per heavy atom. The van der Waals surface area contributed by atoms with Crippen molar-refractivity contribution in [3.63, 3.8) is 0 Å². The summed E-state index contributed by atoms with van der Waals surface area (Å²) in [5, 5.41) is 19.0. The van der Waals surface area contributed by atoms with Gasteiger partial charge in [-0.15, -0.1) is 0 Å². The van der Waals surface area contributed by atoms with Crippen molar-refractivity contribution in [3.8, 4) is 11.5 Å². The Hall–Kier alpha value is -3.16. The smallest absolute Gasteiger partial charge is 0.226 e. The van der Waals surface area contributed by atoms with Gasteiger partial charge in [-0.25, -0.2) is 0 Å². The Morgan fingerprint density at radius 2 is 1.43 bits per heavy atom. The predicted molar refractivity (Wildman–Crippen MR) is 131 cm³/mol. The van der Waals surface area contributed by atoms with Crippen LogP contribution in [0.4, 0.5) is 0 Å². The molecule has 0 aliphatic heterocycles. The molecule has 8 nitrogen and oxygen atoms in total. The lowest BCUT2D eigenvalue weighted by atomic mass is 9.71. The lowest BCUT2D eigenvalue weighted by Crippen LogP contribution is -2.28. The van der Waals surface area contributed by atoms with Crippen LogP contribution in [0.15, 0.2) is 43.1 Å². The third kappa shape index (κ3) is 8.85. The molecule has 0 amide bonds. The zero-order valence-electron chi connectivity index (χ0n) is 21.2. The van der Waals surface area contributed by atoms with Gasteiger partial charge in [-0.3, -0.25) is 19.2 Å². The SMILES string of the molecule is CC(C)(C)CCC(=O)CCCC(=O)CC(c1cc(=O)c(O)co1)C(C)(C)Cc1cc(=O)c(O)co1. The van der Waals surface area contributed by atoms with Crippen LogP contribution in [0.3, 0.4) is 0 Å². The molecule has 0 aromatic carbocycles. The van der Waals surface area contributed by atoms with Crippen molar-refractivity contribution in [1.29, 1.82) is 0 Å². The monoisotopic (exact) mass is 488 g/mol. The number of carbonyl (C=O) groups excluding carboxylic acids is 2. The third-order valence-corrected chi connectivity index (χ3v) is 6.11. The van der Waals surface area contributed by atoms with E-state index in [0.717, 1.165) is 25.0 Å². The standard InChI is InChI=1S/C27H36O8/c1-26(2,3)10-9-17(28)7-6-8-18(29)11-20(25-13-22(31)24(33)16-35-25)27(4,5)14-19-12-21(30)23(32)15-34-19/h12-13,15-16,20,32-33H,6-11,14H2,1-5H3. The van der Waals surface area contributed by atoms with Gasteiger partial charge in [-0.2, -0.15) is 0 Å². The maximum Gasteiger partial charge on any atom is 0.226 e. The molecule has 2 rings (SSSR count). The van der Waals surface area contributed by atoms with Gasteiger partial charge < -0.3 is 19.0 Å². The van der Waals surface area contributed by atoms with Gasteiger partial charge in [0.25, 0.3) is 0 Å². The van der Waals surface area contributed by atoms with Crippen LogP contribution in [0.2, 0.25) is 0 Å². The summed E-state index contributed by atoms with van der Waals surface area (Å²) in [6.45, 7) is 9.94. The molecule has 1 unspecified atom stereocenters. The van der Waals surface area contributed by atoms with Gasteiger partial charge in [0.05, 0.1) is 0 Å². The molecule has 0 radical (unpaired) electrons. The van der Waals surface area contributed by atoms with Crippen LogP contribution >= 0.6 is 0 Å². The van der Waals surface area contributed by atoms with E-state index in [-0.39, 0.29) is 42.0 Å². The summed E-state index contributed by atoms with van der Waals surface area (Å²) in [5.74, 6) is -1.02. The van der Waals surface area contributed by atoms with Gasteiger partial charge in [0.2, 0.25) is 10.9 Å². The first-order valence-corrected chi connectivity index (χ1v) is 11.8. The Labute approximate surface area is 205 Å². The Kier molecular flexibility index (Phi) is 9.24. The maximum atomic E-state index is 12.9. The molecule has 0 fully saturated rings.